The van der Waals surface area contributed by atoms with Crippen LogP contribution in [0.1, 0.15) is 11.1 Å². The summed E-state index contributed by atoms with van der Waals surface area (Å²) in [6.07, 6.45) is 1.79. The van der Waals surface area contributed by atoms with Gasteiger partial charge in [0.05, 0.1) is 0 Å². The van der Waals surface area contributed by atoms with Crippen molar-refractivity contribution in [2.45, 2.75) is 6.61 Å². The Kier molecular flexibility index (Phi) is 5.60. The largest absolute Gasteiger partial charge is 0.489 e. The molecule has 7 heteroatoms. The number of rotatable bonds is 4. The number of carbonyl (C=O) groups excluding carboxylic acids is 1. The molecule has 2 aliphatic heterocycles. The van der Waals surface area contributed by atoms with Crippen LogP contribution in [0.25, 0.3) is 6.08 Å². The molecule has 0 radical (unpaired) electrons. The molecule has 2 aliphatic rings. The molecule has 6 nitrogen and oxygen atoms in total. The minimum absolute atomic E-state index is 0.170. The molecule has 0 bridgehead atoms. The number of aliphatic imine (C=N–C) groups is 1. The van der Waals surface area contributed by atoms with Gasteiger partial charge in [-0.2, -0.15) is 0 Å². The molecule has 0 aromatic heterocycles. The number of hydrogen-bond acceptors (Lipinski definition) is 5. The topological polar surface area (TPSA) is 66.0 Å². The number of halogens is 1. The lowest BCUT2D eigenvalue weighted by Gasteiger charge is -2.28. The standard InChI is InChI=1S/C21H21ClN4O2/c22-17-5-1-16(2-6-17)14-28-18-7-3-15(4-8-18)13-19-20(27)25-21(24-19)26-11-9-23-10-12-26/h1-8,13,23H,9-12,14H2,(H,24,25,27). The molecular formula is C21H21ClN4O2. The van der Waals surface area contributed by atoms with E-state index in [2.05, 4.69) is 20.5 Å². The molecule has 0 unspecified atom stereocenters. The molecule has 144 valence electrons. The van der Waals surface area contributed by atoms with Crippen LogP contribution in [0, 0.1) is 0 Å². The fourth-order valence-corrected chi connectivity index (χ4v) is 3.17. The zero-order valence-corrected chi connectivity index (χ0v) is 16.1. The fourth-order valence-electron chi connectivity index (χ4n) is 3.05. The first-order valence-corrected chi connectivity index (χ1v) is 9.60. The van der Waals surface area contributed by atoms with Crippen LogP contribution in [-0.4, -0.2) is 42.9 Å². The lowest BCUT2D eigenvalue weighted by molar-refractivity contribution is -0.115. The molecule has 28 heavy (non-hydrogen) atoms. The SMILES string of the molecule is O=C1NC(N2CCNCC2)=NC1=Cc1ccc(OCc2ccc(Cl)cc2)cc1. The number of ether oxygens (including phenoxy) is 1. The van der Waals surface area contributed by atoms with Gasteiger partial charge >= 0.3 is 0 Å². The second-order valence-corrected chi connectivity index (χ2v) is 7.08. The molecule has 1 amide bonds. The van der Waals surface area contributed by atoms with Crippen molar-refractivity contribution in [2.75, 3.05) is 26.2 Å². The number of benzene rings is 2. The third-order valence-electron chi connectivity index (χ3n) is 4.60. The molecule has 2 aromatic carbocycles. The first-order valence-electron chi connectivity index (χ1n) is 9.22. The Morgan fingerprint density at radius 3 is 2.50 bits per heavy atom. The first-order chi connectivity index (χ1) is 13.7. The zero-order chi connectivity index (χ0) is 19.3. The predicted octanol–water partition coefficient (Wildman–Crippen LogP) is 2.65. The van der Waals surface area contributed by atoms with Crippen LogP contribution in [0.4, 0.5) is 0 Å². The van der Waals surface area contributed by atoms with Crippen molar-refractivity contribution in [3.63, 3.8) is 0 Å². The van der Waals surface area contributed by atoms with Gasteiger partial charge in [0, 0.05) is 31.2 Å². The van der Waals surface area contributed by atoms with Gasteiger partial charge in [-0.05, 0) is 41.5 Å². The van der Waals surface area contributed by atoms with Gasteiger partial charge in [-0.1, -0.05) is 35.9 Å². The Hall–Kier alpha value is -2.83. The van der Waals surface area contributed by atoms with Crippen molar-refractivity contribution in [2.24, 2.45) is 4.99 Å². The Morgan fingerprint density at radius 1 is 1.07 bits per heavy atom. The summed E-state index contributed by atoms with van der Waals surface area (Å²) >= 11 is 5.89. The predicted molar refractivity (Wildman–Crippen MR) is 110 cm³/mol. The van der Waals surface area contributed by atoms with E-state index < -0.39 is 0 Å². The molecule has 1 fully saturated rings. The lowest BCUT2D eigenvalue weighted by atomic mass is 10.2. The van der Waals surface area contributed by atoms with Crippen LogP contribution >= 0.6 is 11.6 Å². The van der Waals surface area contributed by atoms with Crippen molar-refractivity contribution in [3.05, 3.63) is 70.4 Å². The number of nitrogens with zero attached hydrogens (tertiary/aromatic N) is 2. The lowest BCUT2D eigenvalue weighted by Crippen LogP contribution is -2.50. The van der Waals surface area contributed by atoms with Gasteiger partial charge in [0.15, 0.2) is 0 Å². The Morgan fingerprint density at radius 2 is 1.79 bits per heavy atom. The maximum absolute atomic E-state index is 12.2. The van der Waals surface area contributed by atoms with Crippen molar-refractivity contribution in [1.29, 1.82) is 0 Å². The highest BCUT2D eigenvalue weighted by Gasteiger charge is 2.25. The van der Waals surface area contributed by atoms with E-state index >= 15 is 0 Å². The van der Waals surface area contributed by atoms with Gasteiger partial charge in [0.25, 0.3) is 5.91 Å². The Bertz CT molecular complexity index is 901. The number of nitrogens with one attached hydrogen (secondary N) is 2. The quantitative estimate of drug-likeness (QED) is 0.780. The molecule has 1 saturated heterocycles. The zero-order valence-electron chi connectivity index (χ0n) is 15.3. The summed E-state index contributed by atoms with van der Waals surface area (Å²) in [5, 5.41) is 6.85. The number of guanidine groups is 1. The average molecular weight is 397 g/mol. The van der Waals surface area contributed by atoms with Gasteiger partial charge in [0.1, 0.15) is 18.1 Å². The molecular weight excluding hydrogens is 376 g/mol. The van der Waals surface area contributed by atoms with Crippen LogP contribution in [0.2, 0.25) is 5.02 Å². The van der Waals surface area contributed by atoms with E-state index in [0.29, 0.717) is 23.3 Å². The second-order valence-electron chi connectivity index (χ2n) is 6.64. The van der Waals surface area contributed by atoms with E-state index in [0.717, 1.165) is 43.1 Å². The van der Waals surface area contributed by atoms with Crippen LogP contribution in [0.15, 0.2) is 59.2 Å². The molecule has 0 spiro atoms. The molecule has 0 saturated carbocycles. The third-order valence-corrected chi connectivity index (χ3v) is 4.86. The number of amides is 1. The molecule has 2 heterocycles. The van der Waals surface area contributed by atoms with Crippen molar-refractivity contribution >= 4 is 29.5 Å². The third kappa shape index (κ3) is 4.52. The average Bonchev–Trinajstić information content (AvgIpc) is 3.10. The van der Waals surface area contributed by atoms with Gasteiger partial charge < -0.3 is 15.0 Å². The second kappa shape index (κ2) is 8.46. The van der Waals surface area contributed by atoms with Gasteiger partial charge in [0.2, 0.25) is 5.96 Å². The van der Waals surface area contributed by atoms with E-state index in [9.17, 15) is 4.79 Å². The maximum atomic E-state index is 12.2. The summed E-state index contributed by atoms with van der Waals surface area (Å²) in [4.78, 5) is 18.8. The molecule has 0 aliphatic carbocycles. The number of hydrogen-bond donors (Lipinski definition) is 2. The van der Waals surface area contributed by atoms with Crippen molar-refractivity contribution < 1.29 is 9.53 Å². The molecule has 2 N–H and O–H groups in total. The van der Waals surface area contributed by atoms with E-state index in [-0.39, 0.29) is 5.91 Å². The smallest absolute Gasteiger partial charge is 0.276 e. The van der Waals surface area contributed by atoms with E-state index in [4.69, 9.17) is 16.3 Å². The maximum Gasteiger partial charge on any atom is 0.276 e. The Balaban J connectivity index is 1.39. The van der Waals surface area contributed by atoms with E-state index in [1.54, 1.807) is 6.08 Å². The Labute approximate surface area is 168 Å². The van der Waals surface area contributed by atoms with Gasteiger partial charge in [-0.15, -0.1) is 0 Å². The molecule has 2 aromatic rings. The highest BCUT2D eigenvalue weighted by atomic mass is 35.5. The van der Waals surface area contributed by atoms with Crippen LogP contribution in [0.5, 0.6) is 5.75 Å². The summed E-state index contributed by atoms with van der Waals surface area (Å²) in [6.45, 7) is 3.94. The summed E-state index contributed by atoms with van der Waals surface area (Å²) in [5.41, 5.74) is 2.37. The monoisotopic (exact) mass is 396 g/mol. The number of carbonyl (C=O) groups is 1. The van der Waals surface area contributed by atoms with Crippen LogP contribution < -0.4 is 15.4 Å². The van der Waals surface area contributed by atoms with Crippen LogP contribution in [0.3, 0.4) is 0 Å². The van der Waals surface area contributed by atoms with Crippen LogP contribution in [-0.2, 0) is 11.4 Å². The summed E-state index contributed by atoms with van der Waals surface area (Å²) < 4.78 is 5.79. The first kappa shape index (κ1) is 18.5. The minimum atomic E-state index is -0.170. The van der Waals surface area contributed by atoms with Crippen molar-refractivity contribution in [3.8, 4) is 5.75 Å². The summed E-state index contributed by atoms with van der Waals surface area (Å²) in [6, 6.07) is 15.2. The number of piperazine rings is 1. The normalized spacial score (nSPS) is 18.2. The molecule has 4 rings (SSSR count). The molecule has 0 atom stereocenters. The highest BCUT2D eigenvalue weighted by molar-refractivity contribution is 6.30. The van der Waals surface area contributed by atoms with E-state index in [1.165, 1.54) is 0 Å². The van der Waals surface area contributed by atoms with Gasteiger partial charge in [-0.25, -0.2) is 4.99 Å². The van der Waals surface area contributed by atoms with Gasteiger partial charge in [-0.3, -0.25) is 10.1 Å². The fraction of sp³-hybridized carbons (Fsp3) is 0.238. The minimum Gasteiger partial charge on any atom is -0.489 e. The van der Waals surface area contributed by atoms with Crippen molar-refractivity contribution in [1.82, 2.24) is 15.5 Å². The summed E-state index contributed by atoms with van der Waals surface area (Å²) in [5.74, 6) is 1.23. The summed E-state index contributed by atoms with van der Waals surface area (Å²) in [7, 11) is 0. The van der Waals surface area contributed by atoms with E-state index in [1.807, 2.05) is 48.5 Å². The highest BCUT2D eigenvalue weighted by Crippen LogP contribution is 2.19.